The molecule has 92 valence electrons. The van der Waals surface area contributed by atoms with Gasteiger partial charge in [0.1, 0.15) is 5.82 Å². The summed E-state index contributed by atoms with van der Waals surface area (Å²) in [6, 6.07) is 6.17. The maximum Gasteiger partial charge on any atom is 0.257 e. The average Bonchev–Trinajstić information content (AvgIpc) is 2.33. The molecule has 0 bridgehead atoms. The Morgan fingerprint density at radius 3 is 2.61 bits per heavy atom. The molecular weight excluding hydrogens is 262 g/mol. The number of carbonyl (C=O) groups is 1. The molecule has 0 fully saturated rings. The maximum absolute atomic E-state index is 13.4. The van der Waals surface area contributed by atoms with Crippen molar-refractivity contribution in [3.8, 4) is 0 Å². The van der Waals surface area contributed by atoms with Gasteiger partial charge in [0.2, 0.25) is 5.95 Å². The van der Waals surface area contributed by atoms with E-state index in [0.29, 0.717) is 0 Å². The van der Waals surface area contributed by atoms with Gasteiger partial charge in [-0.3, -0.25) is 4.79 Å². The van der Waals surface area contributed by atoms with Gasteiger partial charge in [-0.05, 0) is 30.3 Å². The molecule has 1 heterocycles. The van der Waals surface area contributed by atoms with E-state index in [0.717, 1.165) is 18.3 Å². The van der Waals surface area contributed by atoms with Crippen LogP contribution in [-0.2, 0) is 0 Å². The lowest BCUT2D eigenvalue weighted by Gasteiger charge is -2.06. The molecule has 0 aliphatic rings. The molecule has 0 unspecified atom stereocenters. The zero-order valence-corrected chi connectivity index (χ0v) is 9.71. The van der Waals surface area contributed by atoms with E-state index in [1.165, 1.54) is 18.2 Å². The number of carbonyl (C=O) groups excluding carboxylic acids is 1. The van der Waals surface area contributed by atoms with Gasteiger partial charge < -0.3 is 5.32 Å². The fourth-order valence-corrected chi connectivity index (χ4v) is 1.45. The lowest BCUT2D eigenvalue weighted by molar-refractivity contribution is 0.102. The Morgan fingerprint density at radius 2 is 2.00 bits per heavy atom. The number of pyridine rings is 1. The Bertz CT molecular complexity index is 587. The quantitative estimate of drug-likeness (QED) is 0.850. The SMILES string of the molecule is O=C(Nc1ccc(Cl)cc1F)c1ccc(F)nc1. The minimum Gasteiger partial charge on any atom is -0.319 e. The molecule has 1 N–H and O–H groups in total. The van der Waals surface area contributed by atoms with Crippen LogP contribution in [0.25, 0.3) is 0 Å². The van der Waals surface area contributed by atoms with E-state index in [1.807, 2.05) is 0 Å². The minimum atomic E-state index is -0.691. The fraction of sp³-hybridized carbons (Fsp3) is 0. The Morgan fingerprint density at radius 1 is 1.22 bits per heavy atom. The molecule has 1 aromatic heterocycles. The first-order valence-corrected chi connectivity index (χ1v) is 5.32. The van der Waals surface area contributed by atoms with Gasteiger partial charge in [0.25, 0.3) is 5.91 Å². The molecule has 2 aromatic rings. The van der Waals surface area contributed by atoms with Crippen molar-refractivity contribution in [1.82, 2.24) is 4.98 Å². The number of anilines is 1. The lowest BCUT2D eigenvalue weighted by Crippen LogP contribution is -2.13. The number of hydrogen-bond acceptors (Lipinski definition) is 2. The molecule has 0 saturated heterocycles. The summed E-state index contributed by atoms with van der Waals surface area (Å²) in [7, 11) is 0. The molecule has 1 aromatic carbocycles. The highest BCUT2D eigenvalue weighted by Crippen LogP contribution is 2.19. The van der Waals surface area contributed by atoms with Crippen LogP contribution in [0.4, 0.5) is 14.5 Å². The van der Waals surface area contributed by atoms with Crippen LogP contribution in [0.15, 0.2) is 36.5 Å². The second-order valence-electron chi connectivity index (χ2n) is 3.45. The first-order valence-electron chi connectivity index (χ1n) is 4.94. The number of benzene rings is 1. The molecule has 0 aliphatic carbocycles. The van der Waals surface area contributed by atoms with Crippen LogP contribution in [0.2, 0.25) is 5.02 Å². The Labute approximate surface area is 106 Å². The highest BCUT2D eigenvalue weighted by molar-refractivity contribution is 6.30. The normalized spacial score (nSPS) is 10.2. The summed E-state index contributed by atoms with van der Waals surface area (Å²) < 4.78 is 26.0. The van der Waals surface area contributed by atoms with Crippen molar-refractivity contribution in [3.63, 3.8) is 0 Å². The highest BCUT2D eigenvalue weighted by Gasteiger charge is 2.10. The summed E-state index contributed by atoms with van der Waals surface area (Å²) >= 11 is 5.58. The van der Waals surface area contributed by atoms with Crippen molar-refractivity contribution in [2.45, 2.75) is 0 Å². The smallest absolute Gasteiger partial charge is 0.257 e. The standard InChI is InChI=1S/C12H7ClF2N2O/c13-8-2-3-10(9(14)5-8)17-12(18)7-1-4-11(15)16-6-7/h1-6H,(H,17,18). The fourth-order valence-electron chi connectivity index (χ4n) is 1.30. The van der Waals surface area contributed by atoms with E-state index in [9.17, 15) is 13.6 Å². The number of nitrogens with one attached hydrogen (secondary N) is 1. The van der Waals surface area contributed by atoms with Crippen LogP contribution in [0.3, 0.4) is 0 Å². The summed E-state index contributed by atoms with van der Waals surface area (Å²) in [4.78, 5) is 15.0. The van der Waals surface area contributed by atoms with Gasteiger partial charge >= 0.3 is 0 Å². The first kappa shape index (κ1) is 12.4. The molecule has 18 heavy (non-hydrogen) atoms. The van der Waals surface area contributed by atoms with Crippen LogP contribution >= 0.6 is 11.6 Å². The van der Waals surface area contributed by atoms with Gasteiger partial charge in [0.05, 0.1) is 11.3 Å². The number of rotatable bonds is 2. The van der Waals surface area contributed by atoms with Crippen LogP contribution < -0.4 is 5.32 Å². The van der Waals surface area contributed by atoms with Gasteiger partial charge in [-0.25, -0.2) is 9.37 Å². The summed E-state index contributed by atoms with van der Waals surface area (Å²) in [6.07, 6.45) is 1.07. The van der Waals surface area contributed by atoms with Crippen molar-refractivity contribution < 1.29 is 13.6 Å². The van der Waals surface area contributed by atoms with Crippen molar-refractivity contribution in [1.29, 1.82) is 0 Å². The van der Waals surface area contributed by atoms with Crippen LogP contribution in [-0.4, -0.2) is 10.9 Å². The van der Waals surface area contributed by atoms with Crippen molar-refractivity contribution in [2.75, 3.05) is 5.32 Å². The monoisotopic (exact) mass is 268 g/mol. The van der Waals surface area contributed by atoms with Gasteiger partial charge in [0, 0.05) is 11.2 Å². The van der Waals surface area contributed by atoms with Gasteiger partial charge in [0.15, 0.2) is 0 Å². The predicted molar refractivity (Wildman–Crippen MR) is 63.6 cm³/mol. The van der Waals surface area contributed by atoms with Crippen LogP contribution in [0.1, 0.15) is 10.4 Å². The zero-order chi connectivity index (χ0) is 13.1. The van der Waals surface area contributed by atoms with Gasteiger partial charge in [-0.2, -0.15) is 4.39 Å². The summed E-state index contributed by atoms with van der Waals surface area (Å²) in [5.41, 5.74) is 0.125. The average molecular weight is 269 g/mol. The lowest BCUT2D eigenvalue weighted by atomic mass is 10.2. The van der Waals surface area contributed by atoms with E-state index in [1.54, 1.807) is 0 Å². The van der Waals surface area contributed by atoms with E-state index < -0.39 is 17.7 Å². The molecule has 3 nitrogen and oxygen atoms in total. The molecular formula is C12H7ClF2N2O. The molecule has 0 saturated carbocycles. The Hall–Kier alpha value is -2.01. The number of aromatic nitrogens is 1. The van der Waals surface area contributed by atoms with Gasteiger partial charge in [-0.15, -0.1) is 0 Å². The molecule has 1 amide bonds. The van der Waals surface area contributed by atoms with E-state index >= 15 is 0 Å². The number of hydrogen-bond donors (Lipinski definition) is 1. The maximum atomic E-state index is 13.4. The predicted octanol–water partition coefficient (Wildman–Crippen LogP) is 3.27. The molecule has 0 aliphatic heterocycles. The van der Waals surface area contributed by atoms with Crippen molar-refractivity contribution >= 4 is 23.2 Å². The molecule has 6 heteroatoms. The van der Waals surface area contributed by atoms with E-state index in [2.05, 4.69) is 10.3 Å². The van der Waals surface area contributed by atoms with Crippen LogP contribution in [0.5, 0.6) is 0 Å². The number of halogens is 3. The largest absolute Gasteiger partial charge is 0.319 e. The number of nitrogens with zero attached hydrogens (tertiary/aromatic N) is 1. The van der Waals surface area contributed by atoms with Crippen molar-refractivity contribution in [3.05, 3.63) is 58.9 Å². The van der Waals surface area contributed by atoms with Crippen molar-refractivity contribution in [2.24, 2.45) is 0 Å². The van der Waals surface area contributed by atoms with Crippen LogP contribution in [0, 0.1) is 11.8 Å². The Kier molecular flexibility index (Phi) is 3.53. The molecule has 0 radical (unpaired) electrons. The summed E-state index contributed by atoms with van der Waals surface area (Å²) in [5.74, 6) is -1.92. The topological polar surface area (TPSA) is 42.0 Å². The second-order valence-corrected chi connectivity index (χ2v) is 3.88. The third kappa shape index (κ3) is 2.81. The van der Waals surface area contributed by atoms with Gasteiger partial charge in [-0.1, -0.05) is 11.6 Å². The Balaban J connectivity index is 2.18. The third-order valence-electron chi connectivity index (χ3n) is 2.17. The highest BCUT2D eigenvalue weighted by atomic mass is 35.5. The third-order valence-corrected chi connectivity index (χ3v) is 2.40. The molecule has 0 atom stereocenters. The zero-order valence-electron chi connectivity index (χ0n) is 8.95. The minimum absolute atomic E-state index is 0.00581. The number of amides is 1. The second kappa shape index (κ2) is 5.10. The first-order chi connectivity index (χ1) is 8.56. The summed E-state index contributed by atoms with van der Waals surface area (Å²) in [5, 5.41) is 2.57. The van der Waals surface area contributed by atoms with E-state index in [4.69, 9.17) is 11.6 Å². The molecule has 0 spiro atoms. The van der Waals surface area contributed by atoms with E-state index in [-0.39, 0.29) is 16.3 Å². The molecule has 2 rings (SSSR count). The summed E-state index contributed by atoms with van der Waals surface area (Å²) in [6.45, 7) is 0.